The Bertz CT molecular complexity index is 2130. The third-order valence-electron chi connectivity index (χ3n) is 8.45. The van der Waals surface area contributed by atoms with Crippen LogP contribution in [0.25, 0.3) is 54.2 Å². The number of hydrogen-bond acceptors (Lipinski definition) is 2. The molecule has 0 heterocycles. The van der Waals surface area contributed by atoms with Crippen molar-refractivity contribution >= 4 is 43.1 Å². The van der Waals surface area contributed by atoms with Gasteiger partial charge in [0.2, 0.25) is 0 Å². The summed E-state index contributed by atoms with van der Waals surface area (Å²) in [5.41, 5.74) is 4.37. The van der Waals surface area contributed by atoms with E-state index in [9.17, 15) is 0 Å². The van der Waals surface area contributed by atoms with Crippen molar-refractivity contribution in [1.82, 2.24) is 0 Å². The summed E-state index contributed by atoms with van der Waals surface area (Å²) in [6.07, 6.45) is 0. The first kappa shape index (κ1) is 26.1. The molecule has 0 aliphatic carbocycles. The Balaban J connectivity index is 1.24. The summed E-state index contributed by atoms with van der Waals surface area (Å²) < 4.78 is 13.4. The summed E-state index contributed by atoms with van der Waals surface area (Å²) in [6.45, 7) is 0.933. The topological polar surface area (TPSA) is 18.5 Å². The second-order valence-electron chi connectivity index (χ2n) is 11.3. The molecule has 0 bridgehead atoms. The second-order valence-corrected chi connectivity index (χ2v) is 11.3. The molecule has 2 nitrogen and oxygen atoms in total. The van der Waals surface area contributed by atoms with Gasteiger partial charge in [-0.25, -0.2) is 0 Å². The molecule has 0 saturated heterocycles. The van der Waals surface area contributed by atoms with E-state index in [0.717, 1.165) is 55.3 Å². The molecule has 44 heavy (non-hydrogen) atoms. The van der Waals surface area contributed by atoms with E-state index in [4.69, 9.17) is 9.47 Å². The molecule has 0 spiro atoms. The third kappa shape index (κ3) is 4.91. The molecule has 0 saturated carbocycles. The number of benzene rings is 8. The summed E-state index contributed by atoms with van der Waals surface area (Å²) in [4.78, 5) is 0. The standard InChI is InChI=1S/C42H30O2/c1-3-13-35-25-29(17-19-31(35)9-1)27-43-39-23-21-33-11-5-7-15-37(33)41(39)42-38-16-8-6-12-34(38)22-24-40(42)44-28-30-18-20-32-10-2-4-14-36(32)26-30/h1-26H,27-28H2. The van der Waals surface area contributed by atoms with Crippen molar-refractivity contribution in [3.8, 4) is 22.6 Å². The molecule has 0 unspecified atom stereocenters. The van der Waals surface area contributed by atoms with Crippen molar-refractivity contribution in [2.75, 3.05) is 0 Å². The van der Waals surface area contributed by atoms with Gasteiger partial charge >= 0.3 is 0 Å². The number of fused-ring (bicyclic) bond motifs is 4. The van der Waals surface area contributed by atoms with Crippen LogP contribution in [0.2, 0.25) is 0 Å². The summed E-state index contributed by atoms with van der Waals surface area (Å²) >= 11 is 0. The van der Waals surface area contributed by atoms with Crippen molar-refractivity contribution in [3.63, 3.8) is 0 Å². The van der Waals surface area contributed by atoms with Crippen molar-refractivity contribution in [2.45, 2.75) is 13.2 Å². The van der Waals surface area contributed by atoms with E-state index in [2.05, 4.69) is 158 Å². The molecule has 8 rings (SSSR count). The molecule has 8 aromatic carbocycles. The van der Waals surface area contributed by atoms with Gasteiger partial charge in [0, 0.05) is 11.1 Å². The Hall–Kier alpha value is -5.60. The van der Waals surface area contributed by atoms with Crippen molar-refractivity contribution < 1.29 is 9.47 Å². The molecule has 210 valence electrons. The zero-order valence-corrected chi connectivity index (χ0v) is 24.2. The first-order valence-corrected chi connectivity index (χ1v) is 15.0. The number of ether oxygens (including phenoxy) is 2. The Labute approximate surface area is 256 Å². The van der Waals surface area contributed by atoms with Crippen LogP contribution in [0.15, 0.2) is 158 Å². The van der Waals surface area contributed by atoms with Gasteiger partial charge in [0.15, 0.2) is 0 Å². The van der Waals surface area contributed by atoms with E-state index in [1.54, 1.807) is 0 Å². The lowest BCUT2D eigenvalue weighted by Crippen LogP contribution is -2.01. The lowest BCUT2D eigenvalue weighted by Gasteiger charge is -2.20. The highest BCUT2D eigenvalue weighted by Gasteiger charge is 2.19. The summed E-state index contributed by atoms with van der Waals surface area (Å²) in [5.74, 6) is 1.67. The quantitative estimate of drug-likeness (QED) is 0.191. The van der Waals surface area contributed by atoms with Gasteiger partial charge in [-0.3, -0.25) is 0 Å². The van der Waals surface area contributed by atoms with E-state index >= 15 is 0 Å². The van der Waals surface area contributed by atoms with Crippen LogP contribution in [0.1, 0.15) is 11.1 Å². The molecule has 0 amide bonds. The van der Waals surface area contributed by atoms with E-state index < -0.39 is 0 Å². The van der Waals surface area contributed by atoms with E-state index in [1.807, 2.05) is 0 Å². The van der Waals surface area contributed by atoms with Crippen LogP contribution in [0, 0.1) is 0 Å². The summed E-state index contributed by atoms with van der Waals surface area (Å²) in [6, 6.07) is 55.5. The lowest BCUT2D eigenvalue weighted by atomic mass is 9.92. The zero-order chi connectivity index (χ0) is 29.3. The van der Waals surface area contributed by atoms with Crippen LogP contribution in [0.4, 0.5) is 0 Å². The summed E-state index contributed by atoms with van der Waals surface area (Å²) in [7, 11) is 0. The molecular formula is C42H30O2. The van der Waals surface area contributed by atoms with E-state index in [1.165, 1.54) is 21.5 Å². The van der Waals surface area contributed by atoms with Gasteiger partial charge in [-0.2, -0.15) is 0 Å². The van der Waals surface area contributed by atoms with Gasteiger partial charge in [0.25, 0.3) is 0 Å². The van der Waals surface area contributed by atoms with Crippen LogP contribution in [0.3, 0.4) is 0 Å². The second kappa shape index (κ2) is 11.2. The first-order chi connectivity index (χ1) is 21.8. The maximum atomic E-state index is 6.69. The minimum absolute atomic E-state index is 0.466. The largest absolute Gasteiger partial charge is 0.488 e. The monoisotopic (exact) mass is 566 g/mol. The minimum atomic E-state index is 0.466. The molecule has 0 fully saturated rings. The van der Waals surface area contributed by atoms with Crippen molar-refractivity contribution in [3.05, 3.63) is 169 Å². The van der Waals surface area contributed by atoms with Gasteiger partial charge < -0.3 is 9.47 Å². The van der Waals surface area contributed by atoms with Gasteiger partial charge in [-0.05, 0) is 78.5 Å². The van der Waals surface area contributed by atoms with Crippen LogP contribution in [-0.4, -0.2) is 0 Å². The first-order valence-electron chi connectivity index (χ1n) is 15.0. The van der Waals surface area contributed by atoms with Crippen molar-refractivity contribution in [2.24, 2.45) is 0 Å². The van der Waals surface area contributed by atoms with Gasteiger partial charge in [0.05, 0.1) is 0 Å². The van der Waals surface area contributed by atoms with Crippen LogP contribution < -0.4 is 9.47 Å². The lowest BCUT2D eigenvalue weighted by molar-refractivity contribution is 0.303. The number of rotatable bonds is 7. The molecule has 0 radical (unpaired) electrons. The van der Waals surface area contributed by atoms with Crippen LogP contribution in [-0.2, 0) is 13.2 Å². The molecule has 0 aromatic heterocycles. The van der Waals surface area contributed by atoms with E-state index in [0.29, 0.717) is 13.2 Å². The fourth-order valence-electron chi connectivity index (χ4n) is 6.24. The molecule has 0 aliphatic heterocycles. The molecule has 0 N–H and O–H groups in total. The maximum absolute atomic E-state index is 6.69. The summed E-state index contributed by atoms with van der Waals surface area (Å²) in [5, 5.41) is 9.48. The highest BCUT2D eigenvalue weighted by molar-refractivity contribution is 6.09. The fourth-order valence-corrected chi connectivity index (χ4v) is 6.24. The minimum Gasteiger partial charge on any atom is -0.488 e. The average molecular weight is 567 g/mol. The van der Waals surface area contributed by atoms with Gasteiger partial charge in [0.1, 0.15) is 24.7 Å². The molecule has 2 heteroatoms. The molecular weight excluding hydrogens is 536 g/mol. The Kier molecular flexibility index (Phi) is 6.66. The van der Waals surface area contributed by atoms with Gasteiger partial charge in [-0.1, -0.05) is 133 Å². The Morgan fingerprint density at radius 2 is 0.682 bits per heavy atom. The molecule has 8 aromatic rings. The van der Waals surface area contributed by atoms with Crippen LogP contribution in [0.5, 0.6) is 11.5 Å². The normalized spacial score (nSPS) is 11.4. The average Bonchev–Trinajstić information content (AvgIpc) is 3.09. The SMILES string of the molecule is c1ccc2cc(COc3ccc4ccccc4c3-c3c(OCc4ccc5ccccc5c4)ccc4ccccc34)ccc2c1. The number of hydrogen-bond donors (Lipinski definition) is 0. The zero-order valence-electron chi connectivity index (χ0n) is 24.2. The molecule has 0 atom stereocenters. The predicted octanol–water partition coefficient (Wildman–Crippen LogP) is 11.1. The Morgan fingerprint density at radius 1 is 0.318 bits per heavy atom. The van der Waals surface area contributed by atoms with Crippen molar-refractivity contribution in [1.29, 1.82) is 0 Å². The van der Waals surface area contributed by atoms with Crippen LogP contribution >= 0.6 is 0 Å². The van der Waals surface area contributed by atoms with Gasteiger partial charge in [-0.15, -0.1) is 0 Å². The Morgan fingerprint density at radius 3 is 1.14 bits per heavy atom. The maximum Gasteiger partial charge on any atom is 0.128 e. The molecule has 0 aliphatic rings. The smallest absolute Gasteiger partial charge is 0.128 e. The predicted molar refractivity (Wildman–Crippen MR) is 183 cm³/mol. The third-order valence-corrected chi connectivity index (χ3v) is 8.45. The highest BCUT2D eigenvalue weighted by atomic mass is 16.5. The fraction of sp³-hybridized carbons (Fsp3) is 0.0476. The highest BCUT2D eigenvalue weighted by Crippen LogP contribution is 2.46. The van der Waals surface area contributed by atoms with E-state index in [-0.39, 0.29) is 0 Å².